The van der Waals surface area contributed by atoms with Crippen LogP contribution in [0.5, 0.6) is 5.75 Å². The van der Waals surface area contributed by atoms with Gasteiger partial charge in [0.25, 0.3) is 0 Å². The maximum absolute atomic E-state index is 11.8. The van der Waals surface area contributed by atoms with Crippen LogP contribution in [0.25, 0.3) is 0 Å². The van der Waals surface area contributed by atoms with Gasteiger partial charge in [0.15, 0.2) is 0 Å². The molecule has 1 aliphatic heterocycles. The van der Waals surface area contributed by atoms with Gasteiger partial charge in [0.2, 0.25) is 0 Å². The average molecular weight is 339 g/mol. The highest BCUT2D eigenvalue weighted by Gasteiger charge is 2.33. The van der Waals surface area contributed by atoms with Gasteiger partial charge in [0, 0.05) is 5.46 Å². The molecular weight excluding hydrogens is 321 g/mol. The molecule has 0 amide bonds. The van der Waals surface area contributed by atoms with Gasteiger partial charge in [-0.15, -0.1) is 0 Å². The zero-order valence-corrected chi connectivity index (χ0v) is 13.9. The molecule has 0 N–H and O–H groups in total. The SMILES string of the molecule is CN1CC(=O)OB(c2cccc(OCc3ccccc3)c2)OC(=O)C1. The van der Waals surface area contributed by atoms with E-state index in [0.717, 1.165) is 5.56 Å². The molecule has 0 aliphatic carbocycles. The van der Waals surface area contributed by atoms with Crippen molar-refractivity contribution in [1.29, 1.82) is 0 Å². The first kappa shape index (κ1) is 17.0. The Morgan fingerprint density at radius 2 is 1.68 bits per heavy atom. The van der Waals surface area contributed by atoms with E-state index in [4.69, 9.17) is 14.0 Å². The van der Waals surface area contributed by atoms with Gasteiger partial charge in [0.05, 0.1) is 13.1 Å². The molecule has 1 aliphatic rings. The Hall–Kier alpha value is -2.80. The largest absolute Gasteiger partial charge is 0.636 e. The van der Waals surface area contributed by atoms with E-state index in [1.165, 1.54) is 0 Å². The molecule has 0 spiro atoms. The van der Waals surface area contributed by atoms with E-state index in [2.05, 4.69) is 0 Å². The Morgan fingerprint density at radius 1 is 1.00 bits per heavy atom. The minimum atomic E-state index is -1.06. The molecule has 1 fully saturated rings. The summed E-state index contributed by atoms with van der Waals surface area (Å²) in [4.78, 5) is 25.2. The third-order valence-electron chi connectivity index (χ3n) is 3.65. The first-order valence-electron chi connectivity index (χ1n) is 7.94. The quantitative estimate of drug-likeness (QED) is 0.774. The molecule has 2 aromatic rings. The highest BCUT2D eigenvalue weighted by Crippen LogP contribution is 2.12. The molecule has 1 heterocycles. The predicted molar refractivity (Wildman–Crippen MR) is 92.3 cm³/mol. The Bertz CT molecular complexity index is 732. The summed E-state index contributed by atoms with van der Waals surface area (Å²) in [7, 11) is 0.593. The second-order valence-electron chi connectivity index (χ2n) is 5.83. The normalized spacial score (nSPS) is 15.8. The van der Waals surface area contributed by atoms with Crippen LogP contribution in [0.3, 0.4) is 0 Å². The number of benzene rings is 2. The van der Waals surface area contributed by atoms with Crippen molar-refractivity contribution in [2.75, 3.05) is 20.1 Å². The summed E-state index contributed by atoms with van der Waals surface area (Å²) < 4.78 is 16.3. The second kappa shape index (κ2) is 7.85. The van der Waals surface area contributed by atoms with Gasteiger partial charge in [-0.05, 0) is 24.7 Å². The van der Waals surface area contributed by atoms with E-state index in [0.29, 0.717) is 17.8 Å². The van der Waals surface area contributed by atoms with Crippen molar-refractivity contribution in [3.8, 4) is 5.75 Å². The average Bonchev–Trinajstić information content (AvgIpc) is 2.59. The summed E-state index contributed by atoms with van der Waals surface area (Å²) in [5.41, 5.74) is 1.59. The van der Waals surface area contributed by atoms with Crippen LogP contribution >= 0.6 is 0 Å². The lowest BCUT2D eigenvalue weighted by atomic mass is 9.78. The van der Waals surface area contributed by atoms with Crippen LogP contribution in [-0.2, 0) is 25.5 Å². The summed E-state index contributed by atoms with van der Waals surface area (Å²) in [5.74, 6) is -0.293. The highest BCUT2D eigenvalue weighted by atomic mass is 16.6. The lowest BCUT2D eigenvalue weighted by Crippen LogP contribution is -2.47. The van der Waals surface area contributed by atoms with Crippen molar-refractivity contribution < 1.29 is 23.6 Å². The van der Waals surface area contributed by atoms with Crippen LogP contribution in [-0.4, -0.2) is 44.1 Å². The predicted octanol–water partition coefficient (Wildman–Crippen LogP) is 0.993. The third kappa shape index (κ3) is 4.84. The Kier molecular flexibility index (Phi) is 5.35. The van der Waals surface area contributed by atoms with Crippen LogP contribution < -0.4 is 10.2 Å². The fraction of sp³-hybridized carbons (Fsp3) is 0.222. The van der Waals surface area contributed by atoms with E-state index in [9.17, 15) is 9.59 Å². The molecule has 2 aromatic carbocycles. The molecule has 0 radical (unpaired) electrons. The summed E-state index contributed by atoms with van der Waals surface area (Å²) >= 11 is 0. The lowest BCUT2D eigenvalue weighted by Gasteiger charge is -2.22. The fourth-order valence-electron chi connectivity index (χ4n) is 2.46. The maximum atomic E-state index is 11.8. The minimum absolute atomic E-state index is 0.0375. The number of carbonyl (C=O) groups is 2. The fourth-order valence-corrected chi connectivity index (χ4v) is 2.46. The molecule has 0 atom stereocenters. The van der Waals surface area contributed by atoms with Crippen LogP contribution in [0.2, 0.25) is 0 Å². The molecule has 0 aromatic heterocycles. The lowest BCUT2D eigenvalue weighted by molar-refractivity contribution is -0.145. The second-order valence-corrected chi connectivity index (χ2v) is 5.83. The van der Waals surface area contributed by atoms with Gasteiger partial charge in [0.1, 0.15) is 12.4 Å². The number of carbonyl (C=O) groups excluding carboxylic acids is 2. The van der Waals surface area contributed by atoms with Gasteiger partial charge < -0.3 is 14.0 Å². The topological polar surface area (TPSA) is 65.1 Å². The van der Waals surface area contributed by atoms with Gasteiger partial charge in [-0.25, -0.2) is 0 Å². The van der Waals surface area contributed by atoms with Gasteiger partial charge >= 0.3 is 19.1 Å². The standard InChI is InChI=1S/C18H18BNO5/c1-20-11-17(21)24-19(25-18(22)12-20)15-8-5-9-16(10-15)23-13-14-6-3-2-4-7-14/h2-10H,11-13H2,1H3. The van der Waals surface area contributed by atoms with Crippen molar-refractivity contribution in [1.82, 2.24) is 4.90 Å². The molecule has 7 heteroatoms. The van der Waals surface area contributed by atoms with Crippen molar-refractivity contribution in [3.63, 3.8) is 0 Å². The molecule has 0 unspecified atom stereocenters. The van der Waals surface area contributed by atoms with Crippen molar-refractivity contribution >= 4 is 24.5 Å². The first-order chi connectivity index (χ1) is 12.1. The molecular formula is C18H18BNO5. The zero-order valence-electron chi connectivity index (χ0n) is 13.9. The molecule has 25 heavy (non-hydrogen) atoms. The molecule has 6 nitrogen and oxygen atoms in total. The van der Waals surface area contributed by atoms with E-state index in [1.54, 1.807) is 36.2 Å². The van der Waals surface area contributed by atoms with Crippen LogP contribution in [0.1, 0.15) is 5.56 Å². The van der Waals surface area contributed by atoms with Crippen molar-refractivity contribution in [3.05, 3.63) is 60.2 Å². The summed E-state index contributed by atoms with van der Waals surface area (Å²) in [5, 5.41) is 0. The molecule has 0 saturated carbocycles. The Labute approximate surface area is 146 Å². The van der Waals surface area contributed by atoms with Gasteiger partial charge in [-0.1, -0.05) is 42.5 Å². The number of ether oxygens (including phenoxy) is 1. The molecule has 3 rings (SSSR count). The van der Waals surface area contributed by atoms with Crippen LogP contribution in [0.15, 0.2) is 54.6 Å². The number of nitrogens with zero attached hydrogens (tertiary/aromatic N) is 1. The molecule has 0 bridgehead atoms. The van der Waals surface area contributed by atoms with Crippen LogP contribution in [0.4, 0.5) is 0 Å². The first-order valence-corrected chi connectivity index (χ1v) is 7.94. The smallest absolute Gasteiger partial charge is 0.494 e. The minimum Gasteiger partial charge on any atom is -0.494 e. The molecule has 1 saturated heterocycles. The zero-order chi connectivity index (χ0) is 17.6. The van der Waals surface area contributed by atoms with E-state index < -0.39 is 19.1 Å². The Balaban J connectivity index is 1.71. The van der Waals surface area contributed by atoms with Crippen molar-refractivity contribution in [2.45, 2.75) is 6.61 Å². The number of likely N-dealkylation sites (N-methyl/N-ethyl adjacent to an activating group) is 1. The summed E-state index contributed by atoms with van der Waals surface area (Å²) in [6.45, 7) is 0.491. The van der Waals surface area contributed by atoms with Crippen LogP contribution in [0, 0.1) is 0 Å². The van der Waals surface area contributed by atoms with E-state index in [1.807, 2.05) is 30.3 Å². The summed E-state index contributed by atoms with van der Waals surface area (Å²) in [6, 6.07) is 16.8. The number of rotatable bonds is 4. The monoisotopic (exact) mass is 339 g/mol. The third-order valence-corrected chi connectivity index (χ3v) is 3.65. The Morgan fingerprint density at radius 3 is 2.36 bits per heavy atom. The molecule has 128 valence electrons. The van der Waals surface area contributed by atoms with Crippen molar-refractivity contribution in [2.24, 2.45) is 0 Å². The number of hydrogen-bond donors (Lipinski definition) is 0. The highest BCUT2D eigenvalue weighted by molar-refractivity contribution is 6.64. The maximum Gasteiger partial charge on any atom is 0.636 e. The van der Waals surface area contributed by atoms with E-state index in [-0.39, 0.29) is 13.1 Å². The summed E-state index contributed by atoms with van der Waals surface area (Å²) in [6.07, 6.45) is 0. The van der Waals surface area contributed by atoms with E-state index >= 15 is 0 Å². The van der Waals surface area contributed by atoms with Gasteiger partial charge in [-0.2, -0.15) is 0 Å². The van der Waals surface area contributed by atoms with Gasteiger partial charge in [-0.3, -0.25) is 14.5 Å². The number of hydrogen-bond acceptors (Lipinski definition) is 6.